The molecule has 5 nitrogen and oxygen atoms in total. The Bertz CT molecular complexity index is 233. The van der Waals surface area contributed by atoms with E-state index in [2.05, 4.69) is 15.0 Å². The first-order chi connectivity index (χ1) is 5.84. The average molecular weight is 170 g/mol. The summed E-state index contributed by atoms with van der Waals surface area (Å²) in [6.07, 6.45) is 1.95. The van der Waals surface area contributed by atoms with E-state index in [1.165, 1.54) is 12.3 Å². The Kier molecular flexibility index (Phi) is 3.28. The number of hydrogen-bond acceptors (Lipinski definition) is 4. The fraction of sp³-hybridized carbons (Fsp3) is 0.429. The Morgan fingerprint density at radius 3 is 3.17 bits per heavy atom. The number of hydrogen-bond donors (Lipinski definition) is 2. The summed E-state index contributed by atoms with van der Waals surface area (Å²) in [4.78, 5) is 11.1. The summed E-state index contributed by atoms with van der Waals surface area (Å²) in [6, 6.07) is 1.48. The fourth-order valence-corrected chi connectivity index (χ4v) is 0.701. The maximum atomic E-state index is 11.1. The highest BCUT2D eigenvalue weighted by atomic mass is 16.5. The normalized spacial score (nSPS) is 9.75. The van der Waals surface area contributed by atoms with Crippen LogP contribution in [0.1, 0.15) is 17.0 Å². The van der Waals surface area contributed by atoms with Gasteiger partial charge >= 0.3 is 0 Å². The van der Waals surface area contributed by atoms with Gasteiger partial charge in [-0.1, -0.05) is 5.16 Å². The molecule has 0 bridgehead atoms. The van der Waals surface area contributed by atoms with Crippen LogP contribution in [0.3, 0.4) is 0 Å². The lowest BCUT2D eigenvalue weighted by Gasteiger charge is -1.98. The number of amides is 1. The number of nitrogens with zero attached hydrogens (tertiary/aromatic N) is 1. The van der Waals surface area contributed by atoms with Gasteiger partial charge in [0.1, 0.15) is 0 Å². The van der Waals surface area contributed by atoms with Gasteiger partial charge in [-0.25, -0.2) is 0 Å². The summed E-state index contributed by atoms with van der Waals surface area (Å²) in [5.74, 6) is -0.117. The fourth-order valence-electron chi connectivity index (χ4n) is 0.701. The Morgan fingerprint density at radius 2 is 2.58 bits per heavy atom. The Hall–Kier alpha value is -1.36. The number of carbonyl (C=O) groups excluding carboxylic acids is 1. The minimum absolute atomic E-state index is 0.0662. The second kappa shape index (κ2) is 4.50. The Balaban J connectivity index is 2.30. The summed E-state index contributed by atoms with van der Waals surface area (Å²) in [6.45, 7) is 0.507. The Labute approximate surface area is 69.4 Å². The van der Waals surface area contributed by atoms with E-state index in [9.17, 15) is 4.79 Å². The minimum Gasteiger partial charge on any atom is -0.396 e. The summed E-state index contributed by atoms with van der Waals surface area (Å²) in [5, 5.41) is 14.4. The third-order valence-corrected chi connectivity index (χ3v) is 1.28. The van der Waals surface area contributed by atoms with Crippen molar-refractivity contribution in [3.8, 4) is 0 Å². The molecular formula is C7H10N2O3. The van der Waals surface area contributed by atoms with Gasteiger partial charge in [-0.15, -0.1) is 0 Å². The third-order valence-electron chi connectivity index (χ3n) is 1.28. The highest BCUT2D eigenvalue weighted by Gasteiger charge is 2.07. The number of nitrogens with one attached hydrogen (secondary N) is 1. The smallest absolute Gasteiger partial charge is 0.289 e. The van der Waals surface area contributed by atoms with Crippen molar-refractivity contribution in [2.45, 2.75) is 6.42 Å². The van der Waals surface area contributed by atoms with Gasteiger partial charge in [0.2, 0.25) is 5.76 Å². The van der Waals surface area contributed by atoms with Crippen molar-refractivity contribution in [1.29, 1.82) is 0 Å². The molecule has 1 heterocycles. The molecular weight excluding hydrogens is 160 g/mol. The standard InChI is InChI=1S/C7H10N2O3/c10-5-1-3-8-7(11)6-2-4-9-12-6/h2,4,10H,1,3,5H2,(H,8,11). The lowest BCUT2D eigenvalue weighted by molar-refractivity contribution is 0.0914. The maximum Gasteiger partial charge on any atom is 0.289 e. The van der Waals surface area contributed by atoms with E-state index in [4.69, 9.17) is 5.11 Å². The molecule has 1 amide bonds. The van der Waals surface area contributed by atoms with Crippen LogP contribution in [0.4, 0.5) is 0 Å². The molecule has 12 heavy (non-hydrogen) atoms. The van der Waals surface area contributed by atoms with E-state index in [0.29, 0.717) is 13.0 Å². The van der Waals surface area contributed by atoms with Gasteiger partial charge in [-0.2, -0.15) is 0 Å². The largest absolute Gasteiger partial charge is 0.396 e. The van der Waals surface area contributed by atoms with E-state index in [1.807, 2.05) is 0 Å². The zero-order valence-electron chi connectivity index (χ0n) is 6.49. The molecule has 0 aliphatic heterocycles. The molecule has 0 radical (unpaired) electrons. The molecule has 1 aromatic heterocycles. The summed E-state index contributed by atoms with van der Waals surface area (Å²) in [5.41, 5.74) is 0. The van der Waals surface area contributed by atoms with E-state index < -0.39 is 0 Å². The number of aromatic nitrogens is 1. The molecule has 1 aromatic rings. The van der Waals surface area contributed by atoms with Crippen LogP contribution < -0.4 is 5.32 Å². The first-order valence-corrected chi connectivity index (χ1v) is 3.64. The van der Waals surface area contributed by atoms with Gasteiger partial charge in [0.15, 0.2) is 0 Å². The number of rotatable bonds is 4. The van der Waals surface area contributed by atoms with Gasteiger partial charge in [-0.05, 0) is 6.42 Å². The molecule has 0 aromatic carbocycles. The molecule has 5 heteroatoms. The molecule has 0 fully saturated rings. The molecule has 0 saturated heterocycles. The molecule has 0 aliphatic rings. The number of carbonyl (C=O) groups is 1. The van der Waals surface area contributed by atoms with E-state index >= 15 is 0 Å². The van der Waals surface area contributed by atoms with Gasteiger partial charge in [0, 0.05) is 19.2 Å². The molecule has 0 atom stereocenters. The molecule has 1 rings (SSSR count). The van der Waals surface area contributed by atoms with Crippen LogP contribution >= 0.6 is 0 Å². The maximum absolute atomic E-state index is 11.1. The molecule has 0 spiro atoms. The van der Waals surface area contributed by atoms with Crippen molar-refractivity contribution < 1.29 is 14.4 Å². The van der Waals surface area contributed by atoms with Crippen molar-refractivity contribution in [1.82, 2.24) is 10.5 Å². The summed E-state index contributed by atoms with van der Waals surface area (Å²) < 4.78 is 4.60. The van der Waals surface area contributed by atoms with Gasteiger partial charge in [-0.3, -0.25) is 4.79 Å². The van der Waals surface area contributed by atoms with Gasteiger partial charge in [0.25, 0.3) is 5.91 Å². The van der Waals surface area contributed by atoms with Crippen LogP contribution in [0.25, 0.3) is 0 Å². The van der Waals surface area contributed by atoms with Crippen LogP contribution in [0, 0.1) is 0 Å². The van der Waals surface area contributed by atoms with Crippen molar-refractivity contribution in [3.63, 3.8) is 0 Å². The quantitative estimate of drug-likeness (QED) is 0.613. The van der Waals surface area contributed by atoms with Crippen LogP contribution in [0.5, 0.6) is 0 Å². The Morgan fingerprint density at radius 1 is 1.75 bits per heavy atom. The van der Waals surface area contributed by atoms with Crippen molar-refractivity contribution >= 4 is 5.91 Å². The molecule has 66 valence electrons. The monoisotopic (exact) mass is 170 g/mol. The van der Waals surface area contributed by atoms with E-state index in [-0.39, 0.29) is 18.3 Å². The van der Waals surface area contributed by atoms with Crippen LogP contribution in [0.15, 0.2) is 16.8 Å². The van der Waals surface area contributed by atoms with Crippen LogP contribution in [0.2, 0.25) is 0 Å². The minimum atomic E-state index is -0.305. The third kappa shape index (κ3) is 2.35. The molecule has 0 unspecified atom stereocenters. The molecule has 0 aliphatic carbocycles. The van der Waals surface area contributed by atoms with Crippen LogP contribution in [-0.4, -0.2) is 29.3 Å². The predicted octanol–water partition coefficient (Wildman–Crippen LogP) is -0.213. The second-order valence-corrected chi connectivity index (χ2v) is 2.21. The van der Waals surface area contributed by atoms with Gasteiger partial charge in [0.05, 0.1) is 6.20 Å². The first kappa shape index (κ1) is 8.73. The van der Waals surface area contributed by atoms with Crippen LogP contribution in [-0.2, 0) is 0 Å². The average Bonchev–Trinajstić information content (AvgIpc) is 2.56. The van der Waals surface area contributed by atoms with E-state index in [1.54, 1.807) is 0 Å². The lowest BCUT2D eigenvalue weighted by Crippen LogP contribution is -2.24. The van der Waals surface area contributed by atoms with Crippen molar-refractivity contribution in [3.05, 3.63) is 18.0 Å². The topological polar surface area (TPSA) is 75.4 Å². The number of aliphatic hydroxyl groups excluding tert-OH is 1. The van der Waals surface area contributed by atoms with E-state index in [0.717, 1.165) is 0 Å². The highest BCUT2D eigenvalue weighted by molar-refractivity contribution is 5.91. The predicted molar refractivity (Wildman–Crippen MR) is 40.5 cm³/mol. The summed E-state index contributed by atoms with van der Waals surface area (Å²) >= 11 is 0. The SMILES string of the molecule is O=C(NCCCO)c1ccno1. The lowest BCUT2D eigenvalue weighted by atomic mass is 10.4. The zero-order valence-corrected chi connectivity index (χ0v) is 6.49. The second-order valence-electron chi connectivity index (χ2n) is 2.21. The zero-order chi connectivity index (χ0) is 8.81. The van der Waals surface area contributed by atoms with Gasteiger partial charge < -0.3 is 14.9 Å². The molecule has 2 N–H and O–H groups in total. The number of aliphatic hydroxyl groups is 1. The van der Waals surface area contributed by atoms with Crippen molar-refractivity contribution in [2.75, 3.05) is 13.2 Å². The highest BCUT2D eigenvalue weighted by Crippen LogP contribution is 1.94. The van der Waals surface area contributed by atoms with Crippen molar-refractivity contribution in [2.24, 2.45) is 0 Å². The molecule has 0 saturated carbocycles. The first-order valence-electron chi connectivity index (χ1n) is 3.64. The summed E-state index contributed by atoms with van der Waals surface area (Å²) in [7, 11) is 0.